The fraction of sp³-hybridized carbons (Fsp3) is 0.273. The lowest BCUT2D eigenvalue weighted by Gasteiger charge is -2.05. The molecule has 0 radical (unpaired) electrons. The lowest BCUT2D eigenvalue weighted by Crippen LogP contribution is -2.08. The van der Waals surface area contributed by atoms with Crippen molar-refractivity contribution in [1.82, 2.24) is 15.0 Å². The van der Waals surface area contributed by atoms with E-state index in [1.54, 1.807) is 24.5 Å². The highest BCUT2D eigenvalue weighted by Gasteiger charge is 2.09. The largest absolute Gasteiger partial charge is 0.478 e. The number of hydrogen-bond acceptors (Lipinski definition) is 6. The van der Waals surface area contributed by atoms with Gasteiger partial charge in [-0.05, 0) is 13.8 Å². The van der Waals surface area contributed by atoms with Crippen LogP contribution in [0.1, 0.15) is 25.9 Å². The fourth-order valence-corrected chi connectivity index (χ4v) is 2.15. The smallest absolute Gasteiger partial charge is 0.339 e. The van der Waals surface area contributed by atoms with Gasteiger partial charge in [0.2, 0.25) is 5.95 Å². The van der Waals surface area contributed by atoms with Crippen molar-refractivity contribution >= 4 is 23.3 Å². The number of rotatable bonds is 4. The Morgan fingerprint density at radius 2 is 2.17 bits per heavy atom. The molecule has 0 aliphatic carbocycles. The summed E-state index contributed by atoms with van der Waals surface area (Å²) in [5.41, 5.74) is 0.565. The maximum Gasteiger partial charge on any atom is 0.339 e. The molecule has 6 nitrogen and oxygen atoms in total. The zero-order valence-corrected chi connectivity index (χ0v) is 10.8. The Morgan fingerprint density at radius 1 is 1.39 bits per heavy atom. The van der Waals surface area contributed by atoms with Crippen LogP contribution in [0.3, 0.4) is 0 Å². The van der Waals surface area contributed by atoms with Gasteiger partial charge in [-0.3, -0.25) is 0 Å². The average Bonchev–Trinajstić information content (AvgIpc) is 2.72. The van der Waals surface area contributed by atoms with E-state index < -0.39 is 5.97 Å². The summed E-state index contributed by atoms with van der Waals surface area (Å²) in [6.07, 6.45) is 3.11. The molecule has 2 N–H and O–H groups in total. The molecule has 0 amide bonds. The Morgan fingerprint density at radius 3 is 2.72 bits per heavy atom. The highest BCUT2D eigenvalue weighted by Crippen LogP contribution is 2.13. The quantitative estimate of drug-likeness (QED) is 0.876. The zero-order valence-electron chi connectivity index (χ0n) is 9.97. The maximum absolute atomic E-state index is 10.8. The summed E-state index contributed by atoms with van der Waals surface area (Å²) in [5, 5.41) is 12.9. The molecular formula is C11H12N4O2S. The highest BCUT2D eigenvalue weighted by atomic mass is 32.1. The number of carbonyl (C=O) groups is 1. The molecule has 2 aromatic rings. The molecule has 2 rings (SSSR count). The summed E-state index contributed by atoms with van der Waals surface area (Å²) in [6.45, 7) is 4.17. The van der Waals surface area contributed by atoms with E-state index in [1.807, 2.05) is 6.92 Å². The Labute approximate surface area is 108 Å². The number of aryl methyl sites for hydroxylation is 2. The third kappa shape index (κ3) is 2.80. The first kappa shape index (κ1) is 12.4. The molecule has 18 heavy (non-hydrogen) atoms. The number of aromatic nitrogens is 3. The van der Waals surface area contributed by atoms with Crippen molar-refractivity contribution in [2.24, 2.45) is 0 Å². The molecule has 0 aromatic carbocycles. The molecule has 0 unspecified atom stereocenters. The van der Waals surface area contributed by atoms with Crippen LogP contribution in [0.25, 0.3) is 0 Å². The van der Waals surface area contributed by atoms with Gasteiger partial charge in [-0.1, -0.05) is 0 Å². The lowest BCUT2D eigenvalue weighted by atomic mass is 10.2. The van der Waals surface area contributed by atoms with Crippen molar-refractivity contribution in [3.8, 4) is 0 Å². The minimum Gasteiger partial charge on any atom is -0.478 e. The molecule has 94 valence electrons. The van der Waals surface area contributed by atoms with E-state index in [0.29, 0.717) is 18.2 Å². The van der Waals surface area contributed by atoms with Crippen LogP contribution in [0.5, 0.6) is 0 Å². The monoisotopic (exact) mass is 264 g/mol. The first-order valence-corrected chi connectivity index (χ1v) is 6.10. The van der Waals surface area contributed by atoms with Crippen LogP contribution in [0.2, 0.25) is 0 Å². The number of nitrogens with one attached hydrogen (secondary N) is 1. The molecule has 2 aromatic heterocycles. The maximum atomic E-state index is 10.8. The van der Waals surface area contributed by atoms with Crippen LogP contribution in [0.4, 0.5) is 5.95 Å². The van der Waals surface area contributed by atoms with Gasteiger partial charge in [-0.25, -0.2) is 19.7 Å². The van der Waals surface area contributed by atoms with Crippen LogP contribution in [-0.4, -0.2) is 26.0 Å². The standard InChI is InChI=1S/C11H12N4O2S/c1-6-9(10(16)17)5-14-11(15-6)13-4-8-3-12-7(2)18-8/h3,5H,4H2,1-2H3,(H,16,17)(H,13,14,15). The predicted molar refractivity (Wildman–Crippen MR) is 67.9 cm³/mol. The van der Waals surface area contributed by atoms with Gasteiger partial charge in [-0.15, -0.1) is 11.3 Å². The Hall–Kier alpha value is -2.02. The highest BCUT2D eigenvalue weighted by molar-refractivity contribution is 7.11. The molecule has 0 saturated heterocycles. The fourth-order valence-electron chi connectivity index (χ4n) is 1.42. The second-order valence-electron chi connectivity index (χ2n) is 3.70. The summed E-state index contributed by atoms with van der Waals surface area (Å²) >= 11 is 1.60. The van der Waals surface area contributed by atoms with Crippen LogP contribution < -0.4 is 5.32 Å². The molecule has 0 saturated carbocycles. The van der Waals surface area contributed by atoms with Crippen molar-refractivity contribution in [2.45, 2.75) is 20.4 Å². The summed E-state index contributed by atoms with van der Waals surface area (Å²) in [4.78, 5) is 24.1. The van der Waals surface area contributed by atoms with Gasteiger partial charge in [-0.2, -0.15) is 0 Å². The summed E-state index contributed by atoms with van der Waals surface area (Å²) in [5.74, 6) is -0.597. The van der Waals surface area contributed by atoms with E-state index in [0.717, 1.165) is 9.88 Å². The Bertz CT molecular complexity index is 582. The molecular weight excluding hydrogens is 252 g/mol. The third-order valence-electron chi connectivity index (χ3n) is 2.30. The Kier molecular flexibility index (Phi) is 3.52. The van der Waals surface area contributed by atoms with Crippen LogP contribution in [0.15, 0.2) is 12.4 Å². The van der Waals surface area contributed by atoms with E-state index >= 15 is 0 Å². The van der Waals surface area contributed by atoms with E-state index in [9.17, 15) is 4.79 Å². The number of hydrogen-bond donors (Lipinski definition) is 2. The molecule has 2 heterocycles. The third-order valence-corrected chi connectivity index (χ3v) is 3.21. The Balaban J connectivity index is 2.06. The second kappa shape index (κ2) is 5.09. The van der Waals surface area contributed by atoms with Gasteiger partial charge >= 0.3 is 5.97 Å². The number of nitrogens with zero attached hydrogens (tertiary/aromatic N) is 3. The van der Waals surface area contributed by atoms with Crippen molar-refractivity contribution in [2.75, 3.05) is 5.32 Å². The molecule has 0 aliphatic heterocycles. The molecule has 0 atom stereocenters. The summed E-state index contributed by atoms with van der Waals surface area (Å²) < 4.78 is 0. The topological polar surface area (TPSA) is 88.0 Å². The first-order chi connectivity index (χ1) is 8.56. The zero-order chi connectivity index (χ0) is 13.1. The number of carboxylic acid groups (broad SMARTS) is 1. The molecule has 7 heteroatoms. The lowest BCUT2D eigenvalue weighted by molar-refractivity contribution is 0.0695. The number of aromatic carboxylic acids is 1. The number of anilines is 1. The van der Waals surface area contributed by atoms with Crippen LogP contribution in [0, 0.1) is 13.8 Å². The van der Waals surface area contributed by atoms with Crippen molar-refractivity contribution in [3.63, 3.8) is 0 Å². The summed E-state index contributed by atoms with van der Waals surface area (Å²) in [6, 6.07) is 0. The van der Waals surface area contributed by atoms with E-state index in [1.165, 1.54) is 6.20 Å². The van der Waals surface area contributed by atoms with Crippen LogP contribution in [-0.2, 0) is 6.54 Å². The van der Waals surface area contributed by atoms with Crippen LogP contribution >= 0.6 is 11.3 Å². The number of carboxylic acids is 1. The van der Waals surface area contributed by atoms with Crippen molar-refractivity contribution in [1.29, 1.82) is 0 Å². The average molecular weight is 264 g/mol. The first-order valence-electron chi connectivity index (χ1n) is 5.28. The van der Waals surface area contributed by atoms with Gasteiger partial charge < -0.3 is 10.4 Å². The van der Waals surface area contributed by atoms with E-state index in [-0.39, 0.29) is 5.56 Å². The SMILES string of the molecule is Cc1ncc(CNc2ncc(C(=O)O)c(C)n2)s1. The molecule has 0 aliphatic rings. The van der Waals surface area contributed by atoms with E-state index in [2.05, 4.69) is 20.3 Å². The minimum atomic E-state index is -1.02. The number of thiazole rings is 1. The van der Waals surface area contributed by atoms with Gasteiger partial charge in [0.15, 0.2) is 0 Å². The molecule has 0 spiro atoms. The van der Waals surface area contributed by atoms with Gasteiger partial charge in [0.1, 0.15) is 0 Å². The normalized spacial score (nSPS) is 10.3. The second-order valence-corrected chi connectivity index (χ2v) is 5.02. The van der Waals surface area contributed by atoms with Gasteiger partial charge in [0, 0.05) is 17.3 Å². The summed E-state index contributed by atoms with van der Waals surface area (Å²) in [7, 11) is 0. The van der Waals surface area contributed by atoms with Gasteiger partial charge in [0.25, 0.3) is 0 Å². The molecule has 0 fully saturated rings. The minimum absolute atomic E-state index is 0.120. The predicted octanol–water partition coefficient (Wildman–Crippen LogP) is 1.86. The van der Waals surface area contributed by atoms with Crippen molar-refractivity contribution in [3.05, 3.63) is 33.5 Å². The molecule has 0 bridgehead atoms. The van der Waals surface area contributed by atoms with Gasteiger partial charge in [0.05, 0.1) is 22.8 Å². The van der Waals surface area contributed by atoms with Crippen molar-refractivity contribution < 1.29 is 9.90 Å². The van der Waals surface area contributed by atoms with E-state index in [4.69, 9.17) is 5.11 Å².